The van der Waals surface area contributed by atoms with Crippen LogP contribution in [0.2, 0.25) is 0 Å². The first-order valence-electron chi connectivity index (χ1n) is 7.89. The van der Waals surface area contributed by atoms with Gasteiger partial charge in [-0.25, -0.2) is 12.7 Å². The molecule has 2 aromatic carbocycles. The lowest BCUT2D eigenvalue weighted by Gasteiger charge is -2.14. The average molecular weight is 454 g/mol. The fraction of sp³-hybridized carbons (Fsp3) is 0.222. The third-order valence-electron chi connectivity index (χ3n) is 3.73. The number of carbonyl (C=O) groups is 2. The molecule has 27 heavy (non-hydrogen) atoms. The van der Waals surface area contributed by atoms with E-state index in [9.17, 15) is 18.0 Å². The highest BCUT2D eigenvalue weighted by atomic mass is 79.9. The van der Waals surface area contributed by atoms with Crippen LogP contribution in [0.15, 0.2) is 51.8 Å². The van der Waals surface area contributed by atoms with Crippen molar-refractivity contribution in [3.8, 4) is 0 Å². The van der Waals surface area contributed by atoms with Crippen molar-refractivity contribution in [1.82, 2.24) is 9.21 Å². The van der Waals surface area contributed by atoms with Crippen LogP contribution in [0.5, 0.6) is 0 Å². The zero-order valence-electron chi connectivity index (χ0n) is 15.4. The topological polar surface area (TPSA) is 86.8 Å². The third-order valence-corrected chi connectivity index (χ3v) is 6.53. The summed E-state index contributed by atoms with van der Waals surface area (Å²) >= 11 is 3.21. The number of nitrogens with zero attached hydrogens (tertiary/aromatic N) is 2. The molecular formula is C18H20BrN3O4S. The van der Waals surface area contributed by atoms with E-state index in [1.54, 1.807) is 38.4 Å². The Morgan fingerprint density at radius 1 is 0.963 bits per heavy atom. The maximum atomic E-state index is 12.6. The van der Waals surface area contributed by atoms with Crippen LogP contribution in [0.4, 0.5) is 5.69 Å². The maximum absolute atomic E-state index is 12.6. The van der Waals surface area contributed by atoms with Crippen LogP contribution in [-0.4, -0.2) is 57.6 Å². The lowest BCUT2D eigenvalue weighted by Crippen LogP contribution is -2.23. The summed E-state index contributed by atoms with van der Waals surface area (Å²) in [5, 5.41) is 2.69. The van der Waals surface area contributed by atoms with Gasteiger partial charge in [-0.3, -0.25) is 9.59 Å². The van der Waals surface area contributed by atoms with Crippen LogP contribution < -0.4 is 5.32 Å². The lowest BCUT2D eigenvalue weighted by atomic mass is 10.1. The number of carbonyl (C=O) groups excluding carboxylic acids is 2. The smallest absolute Gasteiger partial charge is 0.255 e. The number of benzene rings is 2. The highest BCUT2D eigenvalue weighted by Gasteiger charge is 2.22. The summed E-state index contributed by atoms with van der Waals surface area (Å²) in [4.78, 5) is 26.0. The monoisotopic (exact) mass is 453 g/mol. The standard InChI is InChI=1S/C18H20BrN3O4S/c1-21(2)18(24)13-6-5-7-14(10-13)20-17(23)12-8-9-15(19)16(11-12)27(25,26)22(3)4/h5-11H,1-4H3,(H,20,23). The molecule has 0 radical (unpaired) electrons. The van der Waals surface area contributed by atoms with Crippen molar-refractivity contribution in [2.45, 2.75) is 4.90 Å². The minimum Gasteiger partial charge on any atom is -0.345 e. The molecular weight excluding hydrogens is 434 g/mol. The molecule has 0 saturated heterocycles. The van der Waals surface area contributed by atoms with E-state index in [4.69, 9.17) is 0 Å². The summed E-state index contributed by atoms with van der Waals surface area (Å²) < 4.78 is 26.2. The summed E-state index contributed by atoms with van der Waals surface area (Å²) in [7, 11) is 2.41. The van der Waals surface area contributed by atoms with Gasteiger partial charge < -0.3 is 10.2 Å². The van der Waals surface area contributed by atoms with Crippen LogP contribution >= 0.6 is 15.9 Å². The zero-order chi connectivity index (χ0) is 20.4. The van der Waals surface area contributed by atoms with Crippen molar-refractivity contribution in [3.05, 3.63) is 58.1 Å². The largest absolute Gasteiger partial charge is 0.345 e. The SMILES string of the molecule is CN(C)C(=O)c1cccc(NC(=O)c2ccc(Br)c(S(=O)(=O)N(C)C)c2)c1. The summed E-state index contributed by atoms with van der Waals surface area (Å²) in [5.74, 6) is -0.665. The van der Waals surface area contributed by atoms with Gasteiger partial charge in [0.2, 0.25) is 10.0 Å². The highest BCUT2D eigenvalue weighted by Crippen LogP contribution is 2.25. The fourth-order valence-corrected chi connectivity index (χ4v) is 4.07. The van der Waals surface area contributed by atoms with Gasteiger partial charge in [0.05, 0.1) is 4.90 Å². The molecule has 7 nitrogen and oxygen atoms in total. The molecule has 0 spiro atoms. The van der Waals surface area contributed by atoms with Crippen LogP contribution in [0.3, 0.4) is 0 Å². The Morgan fingerprint density at radius 3 is 2.22 bits per heavy atom. The third kappa shape index (κ3) is 4.74. The predicted molar refractivity (Wildman–Crippen MR) is 107 cm³/mol. The van der Waals surface area contributed by atoms with E-state index in [1.807, 2.05) is 0 Å². The molecule has 0 saturated carbocycles. The first kappa shape index (κ1) is 21.1. The molecule has 2 amide bonds. The van der Waals surface area contributed by atoms with E-state index in [0.717, 1.165) is 4.31 Å². The molecule has 144 valence electrons. The zero-order valence-corrected chi connectivity index (χ0v) is 17.8. The number of nitrogens with one attached hydrogen (secondary N) is 1. The molecule has 0 aliphatic heterocycles. The Morgan fingerprint density at radius 2 is 1.63 bits per heavy atom. The Balaban J connectivity index is 2.32. The first-order valence-corrected chi connectivity index (χ1v) is 10.1. The van der Waals surface area contributed by atoms with E-state index in [0.29, 0.717) is 15.7 Å². The van der Waals surface area contributed by atoms with Crippen molar-refractivity contribution >= 4 is 43.5 Å². The van der Waals surface area contributed by atoms with E-state index < -0.39 is 15.9 Å². The van der Waals surface area contributed by atoms with Gasteiger partial charge in [-0.1, -0.05) is 6.07 Å². The lowest BCUT2D eigenvalue weighted by molar-refractivity contribution is 0.0827. The van der Waals surface area contributed by atoms with Gasteiger partial charge in [0.25, 0.3) is 11.8 Å². The number of amides is 2. The number of sulfonamides is 1. The van der Waals surface area contributed by atoms with Crippen LogP contribution in [0, 0.1) is 0 Å². The summed E-state index contributed by atoms with van der Waals surface area (Å²) in [6, 6.07) is 10.9. The van der Waals surface area contributed by atoms with Crippen LogP contribution in [0.1, 0.15) is 20.7 Å². The quantitative estimate of drug-likeness (QED) is 0.753. The Bertz CT molecular complexity index is 988. The minimum atomic E-state index is -3.71. The molecule has 0 atom stereocenters. The molecule has 2 rings (SSSR count). The van der Waals surface area contributed by atoms with Crippen LogP contribution in [0.25, 0.3) is 0 Å². The normalized spacial score (nSPS) is 11.3. The van der Waals surface area contributed by atoms with E-state index in [1.165, 1.54) is 37.2 Å². The van der Waals surface area contributed by atoms with Gasteiger partial charge in [0.15, 0.2) is 0 Å². The molecule has 0 fully saturated rings. The second kappa shape index (κ2) is 8.20. The van der Waals surface area contributed by atoms with E-state index in [-0.39, 0.29) is 16.4 Å². The Labute approximate surface area is 167 Å². The molecule has 9 heteroatoms. The van der Waals surface area contributed by atoms with Crippen molar-refractivity contribution in [2.75, 3.05) is 33.5 Å². The molecule has 0 aliphatic carbocycles. The number of hydrogen-bond donors (Lipinski definition) is 1. The molecule has 0 bridgehead atoms. The van der Waals surface area contributed by atoms with Gasteiger partial charge in [0, 0.05) is 49.5 Å². The summed E-state index contributed by atoms with van der Waals surface area (Å²) in [5.41, 5.74) is 1.06. The maximum Gasteiger partial charge on any atom is 0.255 e. The van der Waals surface area contributed by atoms with Crippen molar-refractivity contribution < 1.29 is 18.0 Å². The summed E-state index contributed by atoms with van der Waals surface area (Å²) in [6.07, 6.45) is 0. The van der Waals surface area contributed by atoms with Gasteiger partial charge in [0.1, 0.15) is 0 Å². The number of hydrogen-bond acceptors (Lipinski definition) is 4. The van der Waals surface area contributed by atoms with Crippen molar-refractivity contribution in [3.63, 3.8) is 0 Å². The first-order chi connectivity index (χ1) is 12.5. The number of halogens is 1. The highest BCUT2D eigenvalue weighted by molar-refractivity contribution is 9.10. The number of rotatable bonds is 5. The van der Waals surface area contributed by atoms with Crippen molar-refractivity contribution in [2.24, 2.45) is 0 Å². The van der Waals surface area contributed by atoms with E-state index >= 15 is 0 Å². The second-order valence-corrected chi connectivity index (χ2v) is 9.14. The van der Waals surface area contributed by atoms with Gasteiger partial charge in [-0.05, 0) is 52.3 Å². The molecule has 2 aromatic rings. The molecule has 0 aromatic heterocycles. The minimum absolute atomic E-state index is 0.00307. The van der Waals surface area contributed by atoms with E-state index in [2.05, 4.69) is 21.2 Å². The van der Waals surface area contributed by atoms with Gasteiger partial charge in [-0.2, -0.15) is 0 Å². The average Bonchev–Trinajstić information content (AvgIpc) is 2.61. The second-order valence-electron chi connectivity index (χ2n) is 6.17. The Kier molecular flexibility index (Phi) is 6.40. The Hall–Kier alpha value is -2.23. The van der Waals surface area contributed by atoms with Crippen LogP contribution in [-0.2, 0) is 10.0 Å². The van der Waals surface area contributed by atoms with Gasteiger partial charge in [-0.15, -0.1) is 0 Å². The fourth-order valence-electron chi connectivity index (χ4n) is 2.23. The summed E-state index contributed by atoms with van der Waals surface area (Å²) in [6.45, 7) is 0. The van der Waals surface area contributed by atoms with Gasteiger partial charge >= 0.3 is 0 Å². The molecule has 0 heterocycles. The molecule has 0 aliphatic rings. The number of anilines is 1. The molecule has 0 unspecified atom stereocenters. The predicted octanol–water partition coefficient (Wildman–Crippen LogP) is 2.65. The molecule has 1 N–H and O–H groups in total. The van der Waals surface area contributed by atoms with Crippen molar-refractivity contribution in [1.29, 1.82) is 0 Å².